The first kappa shape index (κ1) is 22.5. The van der Waals surface area contributed by atoms with Crippen molar-refractivity contribution in [3.63, 3.8) is 0 Å². The number of anilines is 3. The summed E-state index contributed by atoms with van der Waals surface area (Å²) in [6.45, 7) is 2.25. The maximum Gasteiger partial charge on any atom is 0.225 e. The molecule has 0 amide bonds. The van der Waals surface area contributed by atoms with E-state index in [4.69, 9.17) is 14.7 Å². The summed E-state index contributed by atoms with van der Waals surface area (Å²) in [4.78, 5) is 19.2. The lowest BCUT2D eigenvalue weighted by Crippen LogP contribution is -2.58. The molecule has 2 atom stereocenters. The second-order valence-corrected chi connectivity index (χ2v) is 9.39. The van der Waals surface area contributed by atoms with Crippen molar-refractivity contribution in [3.8, 4) is 11.9 Å². The Hall–Kier alpha value is -3.91. The van der Waals surface area contributed by atoms with Gasteiger partial charge in [-0.25, -0.2) is 28.7 Å². The Morgan fingerprint density at radius 1 is 1.06 bits per heavy atom. The molecule has 9 nitrogen and oxygen atoms in total. The zero-order valence-electron chi connectivity index (χ0n) is 19.3. The number of ether oxygens (including phenoxy) is 2. The van der Waals surface area contributed by atoms with Crippen molar-refractivity contribution < 1.29 is 18.3 Å². The maximum absolute atomic E-state index is 14.6. The van der Waals surface area contributed by atoms with Gasteiger partial charge in [-0.05, 0) is 37.0 Å². The second-order valence-electron chi connectivity index (χ2n) is 9.39. The molecule has 184 valence electrons. The number of hydrogen-bond acceptors (Lipinski definition) is 9. The van der Waals surface area contributed by atoms with Crippen LogP contribution in [0.5, 0.6) is 5.88 Å². The molecule has 2 aromatic heterocycles. The number of aromatic nitrogens is 4. The van der Waals surface area contributed by atoms with Crippen molar-refractivity contribution >= 4 is 17.5 Å². The van der Waals surface area contributed by atoms with Crippen LogP contribution in [-0.4, -0.2) is 52.3 Å². The minimum atomic E-state index is -0.529. The summed E-state index contributed by atoms with van der Waals surface area (Å²) in [5, 5.41) is 12.1. The summed E-state index contributed by atoms with van der Waals surface area (Å²) in [5.41, 5.74) is 1.32. The van der Waals surface area contributed by atoms with Gasteiger partial charge in [-0.3, -0.25) is 0 Å². The van der Waals surface area contributed by atoms with E-state index in [1.165, 1.54) is 30.9 Å². The highest BCUT2D eigenvalue weighted by Crippen LogP contribution is 2.48. The molecule has 1 saturated carbocycles. The van der Waals surface area contributed by atoms with Gasteiger partial charge in [0.05, 0.1) is 48.5 Å². The Morgan fingerprint density at radius 3 is 2.47 bits per heavy atom. The van der Waals surface area contributed by atoms with Crippen molar-refractivity contribution in [2.24, 2.45) is 11.8 Å². The largest absolute Gasteiger partial charge is 0.473 e. The molecule has 3 fully saturated rings. The molecular weight excluding hydrogens is 468 g/mol. The number of rotatable bonds is 6. The molecule has 1 aliphatic carbocycles. The molecule has 2 saturated heterocycles. The highest BCUT2D eigenvalue weighted by Gasteiger charge is 2.44. The van der Waals surface area contributed by atoms with E-state index in [9.17, 15) is 8.78 Å². The number of hydrogen-bond donors (Lipinski definition) is 1. The molecule has 36 heavy (non-hydrogen) atoms. The van der Waals surface area contributed by atoms with E-state index in [0.717, 1.165) is 18.4 Å². The van der Waals surface area contributed by atoms with Gasteiger partial charge in [-0.1, -0.05) is 0 Å². The zero-order chi connectivity index (χ0) is 24.6. The van der Waals surface area contributed by atoms with Crippen LogP contribution in [0.2, 0.25) is 0 Å². The van der Waals surface area contributed by atoms with E-state index >= 15 is 0 Å². The third-order valence-electron chi connectivity index (χ3n) is 6.82. The third-order valence-corrected chi connectivity index (χ3v) is 6.82. The fraction of sp³-hybridized carbons (Fsp3) is 0.400. The summed E-state index contributed by atoms with van der Waals surface area (Å²) in [6.07, 6.45) is 5.58. The fourth-order valence-electron chi connectivity index (χ4n) is 4.98. The minimum Gasteiger partial charge on any atom is -0.473 e. The monoisotopic (exact) mass is 491 g/mol. The van der Waals surface area contributed by atoms with E-state index in [0.29, 0.717) is 43.9 Å². The summed E-state index contributed by atoms with van der Waals surface area (Å²) < 4.78 is 40.2. The molecule has 2 bridgehead atoms. The van der Waals surface area contributed by atoms with Crippen molar-refractivity contribution in [2.75, 3.05) is 36.5 Å². The fourth-order valence-corrected chi connectivity index (χ4v) is 4.98. The van der Waals surface area contributed by atoms with Gasteiger partial charge in [-0.2, -0.15) is 5.26 Å². The Kier molecular flexibility index (Phi) is 5.81. The Morgan fingerprint density at radius 2 is 1.81 bits per heavy atom. The number of fused-ring (bicyclic) bond motifs is 2. The van der Waals surface area contributed by atoms with E-state index in [2.05, 4.69) is 25.3 Å². The van der Waals surface area contributed by atoms with Crippen molar-refractivity contribution in [2.45, 2.75) is 24.9 Å². The lowest BCUT2D eigenvalue weighted by atomic mass is 9.84. The molecule has 1 N–H and O–H groups in total. The van der Waals surface area contributed by atoms with Crippen LogP contribution in [0, 0.1) is 34.8 Å². The highest BCUT2D eigenvalue weighted by atomic mass is 19.1. The molecule has 11 heteroatoms. The lowest BCUT2D eigenvalue weighted by Gasteiger charge is -2.46. The summed E-state index contributed by atoms with van der Waals surface area (Å²) >= 11 is 0. The van der Waals surface area contributed by atoms with Crippen LogP contribution < -0.4 is 15.0 Å². The second kappa shape index (κ2) is 9.28. The zero-order valence-corrected chi connectivity index (χ0v) is 19.3. The first-order valence-corrected chi connectivity index (χ1v) is 11.9. The van der Waals surface area contributed by atoms with Gasteiger partial charge >= 0.3 is 0 Å². The molecular formula is C25H23F2N7O2. The molecule has 0 spiro atoms. The predicted octanol–water partition coefficient (Wildman–Crippen LogP) is 3.57. The van der Waals surface area contributed by atoms with Crippen molar-refractivity contribution in [1.29, 1.82) is 5.26 Å². The lowest BCUT2D eigenvalue weighted by molar-refractivity contribution is -0.0772. The van der Waals surface area contributed by atoms with Crippen molar-refractivity contribution in [3.05, 3.63) is 59.7 Å². The average molecular weight is 492 g/mol. The minimum absolute atomic E-state index is 0.0422. The first-order chi connectivity index (χ1) is 17.6. The van der Waals surface area contributed by atoms with E-state index in [-0.39, 0.29) is 35.1 Å². The smallest absolute Gasteiger partial charge is 0.225 e. The maximum atomic E-state index is 14.6. The van der Waals surface area contributed by atoms with Gasteiger partial charge in [0.15, 0.2) is 5.82 Å². The number of halogens is 2. The van der Waals surface area contributed by atoms with Crippen LogP contribution in [0.1, 0.15) is 29.9 Å². The van der Waals surface area contributed by atoms with E-state index in [1.807, 2.05) is 11.0 Å². The summed E-state index contributed by atoms with van der Waals surface area (Å²) in [7, 11) is 0. The number of nitriles is 1. The molecule has 1 aromatic carbocycles. The Bertz CT molecular complexity index is 1300. The van der Waals surface area contributed by atoms with E-state index < -0.39 is 11.6 Å². The van der Waals surface area contributed by atoms with Crippen LogP contribution in [0.3, 0.4) is 0 Å². The molecule has 2 unspecified atom stereocenters. The van der Waals surface area contributed by atoms with Crippen LogP contribution >= 0.6 is 0 Å². The van der Waals surface area contributed by atoms with Gasteiger partial charge in [0, 0.05) is 24.9 Å². The standard InChI is InChI=1S/C25H23F2N7O2/c26-18-7-29-25(30-8-18)34-9-16-11-35-12-17(10-34)22(16)36-24-21(15-2-3-15)23(31-13-32-24)33-20-4-1-14(6-28)5-19(20)27/h1,4-5,7-8,13,15-17,22H,2-3,9-12H2,(H,31,32,33). The van der Waals surface area contributed by atoms with Gasteiger partial charge in [0.2, 0.25) is 11.8 Å². The van der Waals surface area contributed by atoms with Crippen LogP contribution in [-0.2, 0) is 4.74 Å². The van der Waals surface area contributed by atoms with Crippen LogP contribution in [0.4, 0.5) is 26.2 Å². The first-order valence-electron chi connectivity index (χ1n) is 11.9. The molecule has 3 aromatic rings. The molecule has 2 aliphatic heterocycles. The normalized spacial score (nSPS) is 23.1. The number of nitrogens with zero attached hydrogens (tertiary/aromatic N) is 6. The molecule has 4 heterocycles. The summed E-state index contributed by atoms with van der Waals surface area (Å²) in [5.74, 6) is 0.807. The topological polar surface area (TPSA) is 109 Å². The third kappa shape index (κ3) is 4.40. The number of piperidine rings is 1. The van der Waals surface area contributed by atoms with Gasteiger partial charge < -0.3 is 19.7 Å². The predicted molar refractivity (Wildman–Crippen MR) is 125 cm³/mol. The van der Waals surface area contributed by atoms with Gasteiger partial charge in [0.25, 0.3) is 0 Å². The molecule has 0 radical (unpaired) electrons. The van der Waals surface area contributed by atoms with Crippen LogP contribution in [0.15, 0.2) is 36.9 Å². The van der Waals surface area contributed by atoms with Crippen molar-refractivity contribution in [1.82, 2.24) is 19.9 Å². The SMILES string of the molecule is N#Cc1ccc(Nc2ncnc(OC3C4COCC3CN(c3ncc(F)cn3)C4)c2C2CC2)c(F)c1. The number of nitrogens with one attached hydrogen (secondary N) is 1. The quantitative estimate of drug-likeness (QED) is 0.553. The highest BCUT2D eigenvalue weighted by molar-refractivity contribution is 5.64. The van der Waals surface area contributed by atoms with Gasteiger partial charge in [0.1, 0.15) is 24.1 Å². The van der Waals surface area contributed by atoms with Gasteiger partial charge in [-0.15, -0.1) is 0 Å². The summed E-state index contributed by atoms with van der Waals surface area (Å²) in [6, 6.07) is 6.21. The van der Waals surface area contributed by atoms with E-state index in [1.54, 1.807) is 6.07 Å². The number of benzene rings is 1. The molecule has 3 aliphatic rings. The average Bonchev–Trinajstić information content (AvgIpc) is 3.71. The Balaban J connectivity index is 1.25. The van der Waals surface area contributed by atoms with Crippen LogP contribution in [0.25, 0.3) is 0 Å². The Labute approximate surface area is 206 Å². The molecule has 6 rings (SSSR count).